The molecule has 1 N–H and O–H groups in total. The molecule has 2 aromatic heterocycles. The second kappa shape index (κ2) is 13.3. The van der Waals surface area contributed by atoms with E-state index in [2.05, 4.69) is 136 Å². The molecular weight excluding hydrogens is 610 g/mol. The lowest BCUT2D eigenvalue weighted by Crippen LogP contribution is -2.48. The van der Waals surface area contributed by atoms with E-state index in [1.165, 1.54) is 28.0 Å². The summed E-state index contributed by atoms with van der Waals surface area (Å²) in [5, 5.41) is 3.56. The lowest BCUT2D eigenvalue weighted by molar-refractivity contribution is 0.0751. The quantitative estimate of drug-likeness (QED) is 0.162. The van der Waals surface area contributed by atoms with Gasteiger partial charge in [-0.2, -0.15) is 0 Å². The molecule has 0 radical (unpaired) electrons. The molecule has 1 aliphatic heterocycles. The van der Waals surface area contributed by atoms with Gasteiger partial charge in [-0.1, -0.05) is 103 Å². The maximum Gasteiger partial charge on any atom is 0.264 e. The second-order valence-corrected chi connectivity index (χ2v) is 13.1. The molecule has 6 nitrogen and oxygen atoms in total. The number of hydrogen-bond donors (Lipinski definition) is 1. The summed E-state index contributed by atoms with van der Waals surface area (Å²) in [4.78, 5) is 22.6. The van der Waals surface area contributed by atoms with Crippen LogP contribution in [0.15, 0.2) is 140 Å². The number of imidazole rings is 1. The number of nitrogens with zero attached hydrogens (tertiary/aromatic N) is 4. The van der Waals surface area contributed by atoms with Crippen molar-refractivity contribution in [3.05, 3.63) is 172 Å². The van der Waals surface area contributed by atoms with Crippen molar-refractivity contribution in [3.8, 4) is 0 Å². The van der Waals surface area contributed by atoms with Gasteiger partial charge in [0.2, 0.25) is 0 Å². The Morgan fingerprint density at radius 3 is 1.83 bits per heavy atom. The zero-order valence-electron chi connectivity index (χ0n) is 25.3. The number of aromatic nitrogens is 2. The summed E-state index contributed by atoms with van der Waals surface area (Å²) in [6.45, 7) is 3.55. The molecule has 0 atom stereocenters. The smallest absolute Gasteiger partial charge is 0.264 e. The van der Waals surface area contributed by atoms with E-state index in [1.807, 2.05) is 17.3 Å². The van der Waals surface area contributed by atoms with Gasteiger partial charge in [0.05, 0.1) is 27.8 Å². The minimum absolute atomic E-state index is 0.0621. The van der Waals surface area contributed by atoms with Gasteiger partial charge in [0.1, 0.15) is 5.54 Å². The topological polar surface area (TPSA) is 53.4 Å². The number of halogens is 1. The summed E-state index contributed by atoms with van der Waals surface area (Å²) in [6.07, 6.45) is 4.10. The molecule has 0 spiro atoms. The van der Waals surface area contributed by atoms with Crippen molar-refractivity contribution in [2.45, 2.75) is 12.1 Å². The van der Waals surface area contributed by atoms with Crippen molar-refractivity contribution in [1.82, 2.24) is 14.5 Å². The van der Waals surface area contributed by atoms with E-state index in [4.69, 9.17) is 16.6 Å². The predicted octanol–water partition coefficient (Wildman–Crippen LogP) is 8.01. The van der Waals surface area contributed by atoms with E-state index in [0.29, 0.717) is 28.8 Å². The highest BCUT2D eigenvalue weighted by molar-refractivity contribution is 7.17. The summed E-state index contributed by atoms with van der Waals surface area (Å²) >= 11 is 7.37. The Labute approximate surface area is 278 Å². The van der Waals surface area contributed by atoms with Crippen molar-refractivity contribution < 1.29 is 4.79 Å². The first-order valence-corrected chi connectivity index (χ1v) is 16.6. The van der Waals surface area contributed by atoms with Gasteiger partial charge in [0.25, 0.3) is 5.91 Å². The van der Waals surface area contributed by atoms with Gasteiger partial charge in [-0.25, -0.2) is 4.98 Å². The number of thiophene rings is 1. The van der Waals surface area contributed by atoms with Crippen LogP contribution in [0.1, 0.15) is 32.1 Å². The summed E-state index contributed by atoms with van der Waals surface area (Å²) in [5.41, 5.74) is 6.05. The van der Waals surface area contributed by atoms with Gasteiger partial charge in [-0.05, 0) is 53.1 Å². The molecule has 0 aliphatic carbocycles. The van der Waals surface area contributed by atoms with Gasteiger partial charge in [0, 0.05) is 43.8 Å². The number of carbonyl (C=O) groups is 1. The number of benzene rings is 4. The molecular formula is C38H34ClN5OS. The van der Waals surface area contributed by atoms with Crippen LogP contribution >= 0.6 is 22.9 Å². The van der Waals surface area contributed by atoms with Crippen LogP contribution in [-0.4, -0.2) is 46.5 Å². The highest BCUT2D eigenvalue weighted by Crippen LogP contribution is 2.40. The van der Waals surface area contributed by atoms with Crippen molar-refractivity contribution >= 4 is 40.2 Å². The van der Waals surface area contributed by atoms with Crippen LogP contribution in [-0.2, 0) is 12.1 Å². The third-order valence-electron chi connectivity index (χ3n) is 8.66. The molecule has 6 aromatic rings. The SMILES string of the molecule is O=C(c1ccc(Cl)s1)N1CCN(c2ccc(NCc3cn(C(c4ccccc4)(c4ccccc4)c4ccccc4)cn3)cc2)CC1. The van der Waals surface area contributed by atoms with Crippen LogP contribution in [0.5, 0.6) is 0 Å². The molecule has 0 unspecified atom stereocenters. The minimum Gasteiger partial charge on any atom is -0.379 e. The number of rotatable bonds is 9. The molecule has 46 heavy (non-hydrogen) atoms. The molecule has 3 heterocycles. The molecule has 1 fully saturated rings. The summed E-state index contributed by atoms with van der Waals surface area (Å²) in [6, 6.07) is 44.0. The fourth-order valence-corrected chi connectivity index (χ4v) is 7.37. The summed E-state index contributed by atoms with van der Waals surface area (Å²) in [5.74, 6) is 0.0621. The molecule has 0 saturated carbocycles. The third-order valence-corrected chi connectivity index (χ3v) is 9.87. The standard InChI is InChI=1S/C38H34ClN5OS/c39-36-21-20-35(46-36)37(45)43-24-22-42(23-25-43)34-18-16-32(17-19-34)40-26-33-27-44(28-41-33)38(29-10-4-1-5-11-29,30-12-6-2-7-13-30)31-14-8-3-9-15-31/h1-21,27-28,40H,22-26H2. The normalized spacial score (nSPS) is 13.5. The van der Waals surface area contributed by atoms with Gasteiger partial charge in [-0.15, -0.1) is 11.3 Å². The number of hydrogen-bond acceptors (Lipinski definition) is 5. The Hall–Kier alpha value is -4.85. The van der Waals surface area contributed by atoms with E-state index >= 15 is 0 Å². The van der Waals surface area contributed by atoms with Crippen LogP contribution in [0.25, 0.3) is 0 Å². The monoisotopic (exact) mass is 643 g/mol. The van der Waals surface area contributed by atoms with E-state index in [1.54, 1.807) is 6.07 Å². The van der Waals surface area contributed by atoms with Crippen LogP contribution in [0.3, 0.4) is 0 Å². The molecule has 8 heteroatoms. The largest absolute Gasteiger partial charge is 0.379 e. The average Bonchev–Trinajstić information content (AvgIpc) is 3.79. The van der Waals surface area contributed by atoms with E-state index in [0.717, 1.165) is 30.2 Å². The number of nitrogens with one attached hydrogen (secondary N) is 1. The van der Waals surface area contributed by atoms with Crippen LogP contribution in [0.2, 0.25) is 4.34 Å². The van der Waals surface area contributed by atoms with Crippen LogP contribution in [0.4, 0.5) is 11.4 Å². The number of piperazine rings is 1. The van der Waals surface area contributed by atoms with Crippen molar-refractivity contribution in [2.75, 3.05) is 36.4 Å². The predicted molar refractivity (Wildman–Crippen MR) is 188 cm³/mol. The van der Waals surface area contributed by atoms with Gasteiger partial charge >= 0.3 is 0 Å². The van der Waals surface area contributed by atoms with Gasteiger partial charge in [0.15, 0.2) is 0 Å². The molecule has 1 saturated heterocycles. The van der Waals surface area contributed by atoms with Gasteiger partial charge < -0.3 is 19.7 Å². The van der Waals surface area contributed by atoms with Crippen molar-refractivity contribution in [2.24, 2.45) is 0 Å². The first kappa shape index (κ1) is 29.8. The third kappa shape index (κ3) is 5.91. The zero-order chi connectivity index (χ0) is 31.3. The Kier molecular flexibility index (Phi) is 8.59. The number of carbonyl (C=O) groups excluding carboxylic acids is 1. The maximum absolute atomic E-state index is 12.8. The average molecular weight is 644 g/mol. The molecule has 4 aromatic carbocycles. The Morgan fingerprint density at radius 2 is 1.30 bits per heavy atom. The zero-order valence-corrected chi connectivity index (χ0v) is 26.9. The van der Waals surface area contributed by atoms with Crippen molar-refractivity contribution in [3.63, 3.8) is 0 Å². The summed E-state index contributed by atoms with van der Waals surface area (Å²) < 4.78 is 2.88. The first-order chi connectivity index (χ1) is 22.6. The Balaban J connectivity index is 1.06. The van der Waals surface area contributed by atoms with E-state index in [9.17, 15) is 4.79 Å². The lowest BCUT2D eigenvalue weighted by atomic mass is 9.77. The molecule has 7 rings (SSSR count). The molecule has 0 bridgehead atoms. The van der Waals surface area contributed by atoms with Gasteiger partial charge in [-0.3, -0.25) is 4.79 Å². The Bertz CT molecular complexity index is 1790. The van der Waals surface area contributed by atoms with Crippen molar-refractivity contribution in [1.29, 1.82) is 0 Å². The highest BCUT2D eigenvalue weighted by Gasteiger charge is 2.38. The number of amides is 1. The van der Waals surface area contributed by atoms with Crippen LogP contribution in [0, 0.1) is 0 Å². The second-order valence-electron chi connectivity index (χ2n) is 11.4. The van der Waals surface area contributed by atoms with Crippen LogP contribution < -0.4 is 10.2 Å². The maximum atomic E-state index is 12.8. The minimum atomic E-state index is -0.581. The Morgan fingerprint density at radius 1 is 0.739 bits per heavy atom. The molecule has 1 amide bonds. The molecule has 230 valence electrons. The summed E-state index contributed by atoms with van der Waals surface area (Å²) in [7, 11) is 0. The lowest BCUT2D eigenvalue weighted by Gasteiger charge is -2.37. The first-order valence-electron chi connectivity index (χ1n) is 15.4. The van der Waals surface area contributed by atoms with E-state index < -0.39 is 5.54 Å². The molecule has 1 aliphatic rings. The highest BCUT2D eigenvalue weighted by atomic mass is 35.5. The fraction of sp³-hybridized carbons (Fsp3) is 0.158. The van der Waals surface area contributed by atoms with E-state index in [-0.39, 0.29) is 5.91 Å². The number of anilines is 2. The fourth-order valence-electron chi connectivity index (χ4n) is 6.36.